The van der Waals surface area contributed by atoms with Crippen molar-refractivity contribution < 1.29 is 29.0 Å². The van der Waals surface area contributed by atoms with E-state index in [1.165, 1.54) is 0 Å². The summed E-state index contributed by atoms with van der Waals surface area (Å²) < 4.78 is 17.4. The van der Waals surface area contributed by atoms with Crippen LogP contribution in [0.2, 0.25) is 0 Å². The van der Waals surface area contributed by atoms with Crippen LogP contribution in [0.15, 0.2) is 0 Å². The maximum atomic E-state index is 5.83. The third-order valence-corrected chi connectivity index (χ3v) is 4.99. The van der Waals surface area contributed by atoms with Crippen molar-refractivity contribution in [1.29, 1.82) is 0 Å². The standard InChI is InChI=1S/C6H14NO.2C4H9O.Ti/c1-6(2-4-7)3-5-8;2*1-2-3-4-5;/h6H,2-5,7H2,1H3;2*2-4H2,1H3;/q3*-1;+3. The Bertz CT molecular complexity index is 174. The molecule has 0 bridgehead atoms. The van der Waals surface area contributed by atoms with Crippen molar-refractivity contribution in [3.63, 3.8) is 0 Å². The van der Waals surface area contributed by atoms with E-state index in [0.717, 1.165) is 64.9 Å². The van der Waals surface area contributed by atoms with E-state index in [0.29, 0.717) is 5.92 Å². The van der Waals surface area contributed by atoms with Crippen LogP contribution in [0.1, 0.15) is 59.3 Å². The fraction of sp³-hybridized carbons (Fsp3) is 1.00. The molecule has 5 heteroatoms. The Balaban J connectivity index is 3.75. The van der Waals surface area contributed by atoms with Crippen molar-refractivity contribution in [2.24, 2.45) is 11.7 Å². The molecule has 115 valence electrons. The van der Waals surface area contributed by atoms with Crippen LogP contribution < -0.4 is 5.73 Å². The molecule has 1 unspecified atom stereocenters. The van der Waals surface area contributed by atoms with Gasteiger partial charge in [0.25, 0.3) is 0 Å². The second-order valence-electron chi connectivity index (χ2n) is 4.97. The molecule has 0 aromatic heterocycles. The molecule has 0 amide bonds. The van der Waals surface area contributed by atoms with Gasteiger partial charge in [-0.05, 0) is 0 Å². The summed E-state index contributed by atoms with van der Waals surface area (Å²) in [5.41, 5.74) is 5.54. The van der Waals surface area contributed by atoms with Crippen LogP contribution in [-0.4, -0.2) is 26.4 Å². The average Bonchev–Trinajstić information content (AvgIpc) is 2.39. The van der Waals surface area contributed by atoms with Gasteiger partial charge in [0, 0.05) is 0 Å². The van der Waals surface area contributed by atoms with E-state index >= 15 is 0 Å². The Kier molecular flexibility index (Phi) is 15.4. The van der Waals surface area contributed by atoms with Crippen molar-refractivity contribution in [1.82, 2.24) is 0 Å². The average molecular weight is 310 g/mol. The zero-order valence-corrected chi connectivity index (χ0v) is 14.5. The molecule has 0 saturated carbocycles. The topological polar surface area (TPSA) is 53.7 Å². The van der Waals surface area contributed by atoms with Crippen molar-refractivity contribution in [3.8, 4) is 0 Å². The Labute approximate surface area is 126 Å². The van der Waals surface area contributed by atoms with Gasteiger partial charge in [-0.3, -0.25) is 0 Å². The third-order valence-electron chi connectivity index (χ3n) is 2.93. The first-order valence-electron chi connectivity index (χ1n) is 7.69. The number of nitrogens with two attached hydrogens (primary N) is 1. The van der Waals surface area contributed by atoms with Crippen LogP contribution in [0, 0.1) is 5.92 Å². The van der Waals surface area contributed by atoms with Crippen LogP contribution in [0.25, 0.3) is 0 Å². The van der Waals surface area contributed by atoms with Gasteiger partial charge in [-0.15, -0.1) is 0 Å². The van der Waals surface area contributed by atoms with Gasteiger partial charge in [0.2, 0.25) is 0 Å². The van der Waals surface area contributed by atoms with E-state index in [1.807, 2.05) is 0 Å². The van der Waals surface area contributed by atoms with E-state index in [1.54, 1.807) is 0 Å². The molecule has 0 aromatic rings. The quantitative estimate of drug-likeness (QED) is 0.395. The minimum atomic E-state index is -2.19. The van der Waals surface area contributed by atoms with Gasteiger partial charge in [0.05, 0.1) is 0 Å². The monoisotopic (exact) mass is 310 g/mol. The van der Waals surface area contributed by atoms with Crippen molar-refractivity contribution in [3.05, 3.63) is 0 Å². The predicted molar refractivity (Wildman–Crippen MR) is 75.1 cm³/mol. The van der Waals surface area contributed by atoms with Crippen molar-refractivity contribution >= 4 is 0 Å². The summed E-state index contributed by atoms with van der Waals surface area (Å²) >= 11 is -2.19. The number of rotatable bonds is 14. The van der Waals surface area contributed by atoms with Crippen LogP contribution >= 0.6 is 0 Å². The molecule has 4 nitrogen and oxygen atoms in total. The van der Waals surface area contributed by atoms with Crippen LogP contribution in [0.5, 0.6) is 0 Å². The number of hydrogen-bond acceptors (Lipinski definition) is 4. The van der Waals surface area contributed by atoms with Crippen molar-refractivity contribution in [2.45, 2.75) is 59.3 Å². The molecule has 19 heavy (non-hydrogen) atoms. The summed E-state index contributed by atoms with van der Waals surface area (Å²) in [5, 5.41) is 0. The van der Waals surface area contributed by atoms with Crippen LogP contribution in [-0.2, 0) is 29.0 Å². The molecule has 0 aliphatic rings. The second-order valence-corrected chi connectivity index (χ2v) is 7.11. The zero-order valence-electron chi connectivity index (χ0n) is 13.0. The van der Waals surface area contributed by atoms with Gasteiger partial charge in [0.15, 0.2) is 0 Å². The normalized spacial score (nSPS) is 12.6. The Morgan fingerprint density at radius 2 is 1.42 bits per heavy atom. The minimum absolute atomic E-state index is 0.621. The Morgan fingerprint density at radius 1 is 0.895 bits per heavy atom. The molecule has 0 fully saturated rings. The zero-order chi connectivity index (χ0) is 14.3. The van der Waals surface area contributed by atoms with E-state index in [2.05, 4.69) is 20.8 Å². The third kappa shape index (κ3) is 13.3. The van der Waals surface area contributed by atoms with Gasteiger partial charge < -0.3 is 0 Å². The molecule has 1 atom stereocenters. The molecule has 0 rings (SSSR count). The second kappa shape index (κ2) is 15.0. The number of unbranched alkanes of at least 4 members (excludes halogenated alkanes) is 2. The Hall–Kier alpha value is 0.554. The fourth-order valence-corrected chi connectivity index (χ4v) is 3.30. The first-order valence-corrected chi connectivity index (χ1v) is 9.61. The molecule has 0 radical (unpaired) electrons. The first-order chi connectivity index (χ1) is 9.24. The van der Waals surface area contributed by atoms with Gasteiger partial charge in [0.1, 0.15) is 0 Å². The summed E-state index contributed by atoms with van der Waals surface area (Å²) in [4.78, 5) is 0. The molecular formula is C14H32NO3Ti. The molecule has 0 spiro atoms. The molecule has 0 aromatic carbocycles. The summed E-state index contributed by atoms with van der Waals surface area (Å²) in [7, 11) is 0. The summed E-state index contributed by atoms with van der Waals surface area (Å²) in [6.45, 7) is 9.59. The predicted octanol–water partition coefficient (Wildman–Crippen LogP) is 3.37. The van der Waals surface area contributed by atoms with Gasteiger partial charge >= 0.3 is 126 Å². The van der Waals surface area contributed by atoms with E-state index < -0.39 is 19.0 Å². The van der Waals surface area contributed by atoms with E-state index in [4.69, 9.17) is 15.7 Å². The Morgan fingerprint density at radius 3 is 1.89 bits per heavy atom. The molecule has 2 N–H and O–H groups in total. The maximum absolute atomic E-state index is 5.83. The molecular weight excluding hydrogens is 278 g/mol. The molecule has 0 saturated heterocycles. The van der Waals surface area contributed by atoms with Gasteiger partial charge in [-0.2, -0.15) is 0 Å². The van der Waals surface area contributed by atoms with Crippen LogP contribution in [0.4, 0.5) is 0 Å². The molecule has 0 aliphatic heterocycles. The summed E-state index contributed by atoms with van der Waals surface area (Å²) in [6, 6.07) is 0. The number of hydrogen-bond donors (Lipinski definition) is 1. The summed E-state index contributed by atoms with van der Waals surface area (Å²) in [5.74, 6) is 0.621. The summed E-state index contributed by atoms with van der Waals surface area (Å²) in [6.07, 6.45) is 6.57. The fourth-order valence-electron chi connectivity index (χ4n) is 1.50. The first kappa shape index (κ1) is 19.6. The van der Waals surface area contributed by atoms with Gasteiger partial charge in [-0.1, -0.05) is 0 Å². The molecule has 0 aliphatic carbocycles. The van der Waals surface area contributed by atoms with E-state index in [-0.39, 0.29) is 0 Å². The van der Waals surface area contributed by atoms with Gasteiger partial charge in [-0.25, -0.2) is 0 Å². The SMILES string of the molecule is CCCC[O][Ti]([O]CCCC)[O]CCC(C)CCN. The van der Waals surface area contributed by atoms with Crippen LogP contribution in [0.3, 0.4) is 0 Å². The van der Waals surface area contributed by atoms with E-state index in [9.17, 15) is 0 Å². The molecule has 0 heterocycles. The van der Waals surface area contributed by atoms with Crippen molar-refractivity contribution in [2.75, 3.05) is 26.4 Å².